The van der Waals surface area contributed by atoms with Crippen molar-refractivity contribution in [2.24, 2.45) is 5.92 Å². The van der Waals surface area contributed by atoms with E-state index in [1.165, 1.54) is 0 Å². The Balaban J connectivity index is 1.67. The molecule has 4 rings (SSSR count). The molecule has 29 heavy (non-hydrogen) atoms. The Kier molecular flexibility index (Phi) is 5.22. The summed E-state index contributed by atoms with van der Waals surface area (Å²) in [7, 11) is 0. The monoisotopic (exact) mass is 391 g/mol. The van der Waals surface area contributed by atoms with Crippen LogP contribution in [0.15, 0.2) is 42.5 Å². The second-order valence-corrected chi connectivity index (χ2v) is 8.05. The van der Waals surface area contributed by atoms with Crippen LogP contribution in [0.1, 0.15) is 40.0 Å². The Morgan fingerprint density at radius 2 is 1.93 bits per heavy atom. The molecule has 1 fully saturated rings. The molecule has 1 amide bonds. The number of ether oxygens (including phenoxy) is 1. The van der Waals surface area contributed by atoms with Crippen LogP contribution in [0.2, 0.25) is 0 Å². The van der Waals surface area contributed by atoms with Crippen molar-refractivity contribution in [1.29, 1.82) is 0 Å². The minimum absolute atomic E-state index is 0.122. The number of nitrogens with one attached hydrogen (secondary N) is 1. The molecule has 0 radical (unpaired) electrons. The van der Waals surface area contributed by atoms with Gasteiger partial charge in [0.2, 0.25) is 5.91 Å². The van der Waals surface area contributed by atoms with E-state index in [0.717, 1.165) is 65.1 Å². The second-order valence-electron chi connectivity index (χ2n) is 8.05. The summed E-state index contributed by atoms with van der Waals surface area (Å²) in [5.41, 5.74) is 11.3. The summed E-state index contributed by atoms with van der Waals surface area (Å²) >= 11 is 0. The molecule has 0 bridgehead atoms. The van der Waals surface area contributed by atoms with Crippen molar-refractivity contribution in [2.75, 3.05) is 11.1 Å². The highest BCUT2D eigenvalue weighted by molar-refractivity contribution is 6.01. The third-order valence-corrected chi connectivity index (χ3v) is 5.67. The SMILES string of the molecule is CCn1c(-c2ccc(NC(=O)C3CCC3)cc2)c(N)c2ccc(OC(C)C)cc21. The van der Waals surface area contributed by atoms with Gasteiger partial charge in [-0.3, -0.25) is 4.79 Å². The van der Waals surface area contributed by atoms with Gasteiger partial charge in [-0.15, -0.1) is 0 Å². The molecular formula is C24H29N3O2. The lowest BCUT2D eigenvalue weighted by Crippen LogP contribution is -2.27. The topological polar surface area (TPSA) is 69.3 Å². The first kappa shape index (κ1) is 19.4. The van der Waals surface area contributed by atoms with Crippen molar-refractivity contribution < 1.29 is 9.53 Å². The second kappa shape index (κ2) is 7.82. The third kappa shape index (κ3) is 3.69. The summed E-state index contributed by atoms with van der Waals surface area (Å²) in [6.45, 7) is 6.96. The predicted molar refractivity (Wildman–Crippen MR) is 119 cm³/mol. The first-order valence-corrected chi connectivity index (χ1v) is 10.5. The molecule has 3 N–H and O–H groups in total. The summed E-state index contributed by atoms with van der Waals surface area (Å²) in [6.07, 6.45) is 3.28. The third-order valence-electron chi connectivity index (χ3n) is 5.67. The molecule has 0 unspecified atom stereocenters. The molecular weight excluding hydrogens is 362 g/mol. The summed E-state index contributed by atoms with van der Waals surface area (Å²) in [6, 6.07) is 14.0. The van der Waals surface area contributed by atoms with E-state index in [1.807, 2.05) is 50.2 Å². The number of carbonyl (C=O) groups excluding carboxylic acids is 1. The fourth-order valence-corrected chi connectivity index (χ4v) is 3.97. The van der Waals surface area contributed by atoms with Crippen LogP contribution in [-0.4, -0.2) is 16.6 Å². The van der Waals surface area contributed by atoms with Crippen molar-refractivity contribution in [3.05, 3.63) is 42.5 Å². The van der Waals surface area contributed by atoms with Gasteiger partial charge in [-0.1, -0.05) is 18.6 Å². The van der Waals surface area contributed by atoms with Gasteiger partial charge < -0.3 is 20.4 Å². The summed E-state index contributed by atoms with van der Waals surface area (Å²) < 4.78 is 8.09. The zero-order chi connectivity index (χ0) is 20.5. The first-order chi connectivity index (χ1) is 14.0. The molecule has 152 valence electrons. The summed E-state index contributed by atoms with van der Waals surface area (Å²) in [5.74, 6) is 1.15. The fraction of sp³-hybridized carbons (Fsp3) is 0.375. The van der Waals surface area contributed by atoms with Crippen LogP contribution in [0.25, 0.3) is 22.2 Å². The Morgan fingerprint density at radius 3 is 2.52 bits per heavy atom. The predicted octanol–water partition coefficient (Wildman–Crippen LogP) is 5.44. The van der Waals surface area contributed by atoms with Crippen LogP contribution in [-0.2, 0) is 11.3 Å². The maximum Gasteiger partial charge on any atom is 0.227 e. The zero-order valence-electron chi connectivity index (χ0n) is 17.4. The lowest BCUT2D eigenvalue weighted by molar-refractivity contribution is -0.122. The molecule has 1 aromatic heterocycles. The lowest BCUT2D eigenvalue weighted by atomic mass is 9.85. The average Bonchev–Trinajstić information content (AvgIpc) is 2.92. The molecule has 0 atom stereocenters. The maximum atomic E-state index is 12.2. The number of nitrogens with zero attached hydrogens (tertiary/aromatic N) is 1. The number of amides is 1. The molecule has 3 aromatic rings. The Morgan fingerprint density at radius 1 is 1.21 bits per heavy atom. The Labute approximate surface area is 171 Å². The van der Waals surface area contributed by atoms with Crippen molar-refractivity contribution in [3.63, 3.8) is 0 Å². The largest absolute Gasteiger partial charge is 0.491 e. The maximum absolute atomic E-state index is 12.2. The van der Waals surface area contributed by atoms with Gasteiger partial charge in [0.25, 0.3) is 0 Å². The molecule has 1 saturated carbocycles. The normalized spacial score (nSPS) is 14.2. The quantitative estimate of drug-likeness (QED) is 0.588. The van der Waals surface area contributed by atoms with Crippen molar-refractivity contribution in [3.8, 4) is 17.0 Å². The van der Waals surface area contributed by atoms with Gasteiger partial charge in [-0.05, 0) is 57.9 Å². The summed E-state index contributed by atoms with van der Waals surface area (Å²) in [5, 5.41) is 4.05. The van der Waals surface area contributed by atoms with Crippen molar-refractivity contribution in [1.82, 2.24) is 4.57 Å². The van der Waals surface area contributed by atoms with E-state index in [-0.39, 0.29) is 17.9 Å². The van der Waals surface area contributed by atoms with E-state index in [9.17, 15) is 4.79 Å². The Bertz CT molecular complexity index is 1030. The van der Waals surface area contributed by atoms with Crippen LogP contribution >= 0.6 is 0 Å². The molecule has 5 nitrogen and oxygen atoms in total. The summed E-state index contributed by atoms with van der Waals surface area (Å²) in [4.78, 5) is 12.2. The number of aryl methyl sites for hydroxylation is 1. The van der Waals surface area contributed by atoms with E-state index in [0.29, 0.717) is 0 Å². The van der Waals surface area contributed by atoms with E-state index in [1.54, 1.807) is 0 Å². The van der Waals surface area contributed by atoms with Gasteiger partial charge >= 0.3 is 0 Å². The molecule has 1 heterocycles. The van der Waals surface area contributed by atoms with Gasteiger partial charge in [0.1, 0.15) is 5.75 Å². The standard InChI is InChI=1S/C24H29N3O2/c1-4-27-21-14-19(29-15(2)3)12-13-20(21)22(25)23(27)16-8-10-18(11-9-16)26-24(28)17-6-5-7-17/h8-15,17H,4-7,25H2,1-3H3,(H,26,28). The molecule has 0 aliphatic heterocycles. The number of nitrogen functional groups attached to an aromatic ring is 1. The van der Waals surface area contributed by atoms with E-state index in [2.05, 4.69) is 22.9 Å². The van der Waals surface area contributed by atoms with Gasteiger partial charge in [0, 0.05) is 35.2 Å². The molecule has 1 aliphatic carbocycles. The number of benzene rings is 2. The molecule has 0 saturated heterocycles. The van der Waals surface area contributed by atoms with E-state index >= 15 is 0 Å². The molecule has 5 heteroatoms. The number of aromatic nitrogens is 1. The molecule has 1 aliphatic rings. The number of rotatable bonds is 6. The highest BCUT2D eigenvalue weighted by Gasteiger charge is 2.25. The minimum Gasteiger partial charge on any atom is -0.491 e. The fourth-order valence-electron chi connectivity index (χ4n) is 3.97. The molecule has 2 aromatic carbocycles. The number of carbonyl (C=O) groups is 1. The number of anilines is 2. The van der Waals surface area contributed by atoms with Crippen LogP contribution in [0.5, 0.6) is 5.75 Å². The average molecular weight is 392 g/mol. The Hall–Kier alpha value is -2.95. The molecule has 0 spiro atoms. The number of fused-ring (bicyclic) bond motifs is 1. The number of hydrogen-bond donors (Lipinski definition) is 2. The minimum atomic E-state index is 0.122. The zero-order valence-corrected chi connectivity index (χ0v) is 17.4. The smallest absolute Gasteiger partial charge is 0.227 e. The van der Waals surface area contributed by atoms with Crippen LogP contribution in [0, 0.1) is 5.92 Å². The van der Waals surface area contributed by atoms with Crippen LogP contribution in [0.3, 0.4) is 0 Å². The lowest BCUT2D eigenvalue weighted by Gasteiger charge is -2.24. The van der Waals surface area contributed by atoms with Crippen LogP contribution in [0.4, 0.5) is 11.4 Å². The highest BCUT2D eigenvalue weighted by atomic mass is 16.5. The van der Waals surface area contributed by atoms with Gasteiger partial charge in [-0.2, -0.15) is 0 Å². The van der Waals surface area contributed by atoms with Gasteiger partial charge in [0.05, 0.1) is 23.0 Å². The van der Waals surface area contributed by atoms with Crippen LogP contribution < -0.4 is 15.8 Å². The van der Waals surface area contributed by atoms with E-state index < -0.39 is 0 Å². The van der Waals surface area contributed by atoms with Crippen molar-refractivity contribution in [2.45, 2.75) is 52.7 Å². The van der Waals surface area contributed by atoms with Gasteiger partial charge in [0.15, 0.2) is 0 Å². The van der Waals surface area contributed by atoms with Gasteiger partial charge in [-0.25, -0.2) is 0 Å². The van der Waals surface area contributed by atoms with E-state index in [4.69, 9.17) is 10.5 Å². The van der Waals surface area contributed by atoms with Crippen molar-refractivity contribution >= 4 is 28.2 Å². The first-order valence-electron chi connectivity index (χ1n) is 10.5. The number of hydrogen-bond acceptors (Lipinski definition) is 3. The number of nitrogens with two attached hydrogens (primary N) is 1. The highest BCUT2D eigenvalue weighted by Crippen LogP contribution is 2.38.